The van der Waals surface area contributed by atoms with Crippen molar-refractivity contribution in [3.63, 3.8) is 0 Å². The van der Waals surface area contributed by atoms with Gasteiger partial charge in [-0.25, -0.2) is 4.98 Å². The van der Waals surface area contributed by atoms with Gasteiger partial charge in [-0.15, -0.1) is 12.4 Å². The quantitative estimate of drug-likeness (QED) is 0.829. The van der Waals surface area contributed by atoms with Crippen LogP contribution in [0, 0.1) is 6.92 Å². The minimum atomic E-state index is -0.586. The van der Waals surface area contributed by atoms with Crippen LogP contribution in [0.1, 0.15) is 30.4 Å². The Morgan fingerprint density at radius 3 is 3.00 bits per heavy atom. The Hall–Kier alpha value is -1.18. The van der Waals surface area contributed by atoms with Crippen LogP contribution in [0.3, 0.4) is 0 Å². The molecule has 1 aromatic rings. The summed E-state index contributed by atoms with van der Waals surface area (Å²) in [7, 11) is 1.54. The van der Waals surface area contributed by atoms with E-state index in [4.69, 9.17) is 10.5 Å². The second-order valence-corrected chi connectivity index (χ2v) is 4.96. The number of hydrogen-bond donors (Lipinski definition) is 2. The van der Waals surface area contributed by atoms with Gasteiger partial charge in [0.2, 0.25) is 5.91 Å². The van der Waals surface area contributed by atoms with Gasteiger partial charge < -0.3 is 15.4 Å². The number of carbonyl (C=O) groups is 1. The van der Waals surface area contributed by atoms with Crippen molar-refractivity contribution in [3.05, 3.63) is 11.6 Å². The third kappa shape index (κ3) is 3.91. The van der Waals surface area contributed by atoms with Crippen LogP contribution in [0.15, 0.2) is 0 Å². The van der Waals surface area contributed by atoms with Crippen molar-refractivity contribution in [1.29, 1.82) is 0 Å². The molecule has 20 heavy (non-hydrogen) atoms. The fraction of sp³-hybridized carbons (Fsp3) is 0.750. The van der Waals surface area contributed by atoms with Crippen molar-refractivity contribution in [2.45, 2.75) is 31.7 Å². The van der Waals surface area contributed by atoms with Crippen LogP contribution in [-0.2, 0) is 9.53 Å². The predicted molar refractivity (Wildman–Crippen MR) is 76.8 cm³/mol. The second kappa shape index (κ2) is 7.56. The molecule has 2 atom stereocenters. The van der Waals surface area contributed by atoms with Crippen molar-refractivity contribution >= 4 is 18.3 Å². The maximum absolute atomic E-state index is 12.1. The van der Waals surface area contributed by atoms with Gasteiger partial charge in [0.15, 0.2) is 5.82 Å². The highest BCUT2D eigenvalue weighted by Gasteiger charge is 2.29. The molecule has 0 bridgehead atoms. The number of nitrogens with one attached hydrogen (secondary N) is 1. The lowest BCUT2D eigenvalue weighted by atomic mass is 9.97. The topological polar surface area (TPSA) is 97.1 Å². The highest BCUT2D eigenvalue weighted by molar-refractivity contribution is 5.85. The monoisotopic (exact) mass is 303 g/mol. The Balaban J connectivity index is 0.00000200. The van der Waals surface area contributed by atoms with Crippen LogP contribution in [0.2, 0.25) is 0 Å². The highest BCUT2D eigenvalue weighted by atomic mass is 35.5. The Kier molecular flexibility index (Phi) is 6.38. The summed E-state index contributed by atoms with van der Waals surface area (Å²) in [5.74, 6) is 1.72. The zero-order chi connectivity index (χ0) is 13.8. The molecule has 1 aliphatic rings. The summed E-state index contributed by atoms with van der Waals surface area (Å²) in [6.45, 7) is 3.50. The Morgan fingerprint density at radius 1 is 1.65 bits per heavy atom. The van der Waals surface area contributed by atoms with Gasteiger partial charge in [0, 0.05) is 26.1 Å². The van der Waals surface area contributed by atoms with Crippen molar-refractivity contribution < 1.29 is 9.53 Å². The van der Waals surface area contributed by atoms with E-state index >= 15 is 0 Å². The minimum absolute atomic E-state index is 0. The highest BCUT2D eigenvalue weighted by Crippen LogP contribution is 2.24. The summed E-state index contributed by atoms with van der Waals surface area (Å²) in [4.78, 5) is 18.3. The number of rotatable bonds is 4. The van der Waals surface area contributed by atoms with Gasteiger partial charge >= 0.3 is 0 Å². The van der Waals surface area contributed by atoms with Crippen LogP contribution in [0.4, 0.5) is 0 Å². The van der Waals surface area contributed by atoms with Crippen molar-refractivity contribution in [3.8, 4) is 0 Å². The fourth-order valence-electron chi connectivity index (χ4n) is 2.42. The van der Waals surface area contributed by atoms with Gasteiger partial charge in [-0.3, -0.25) is 9.89 Å². The number of carbonyl (C=O) groups excluding carboxylic acids is 1. The third-order valence-electron chi connectivity index (χ3n) is 3.38. The first-order valence-electron chi connectivity index (χ1n) is 6.54. The molecule has 0 spiro atoms. The molecule has 2 unspecified atom stereocenters. The van der Waals surface area contributed by atoms with Gasteiger partial charge in [-0.2, -0.15) is 5.10 Å². The normalized spacial score (nSPS) is 20.4. The standard InChI is InChI=1S/C12H21N5O2.ClH/c1-8-14-11(16-15-8)9-4-3-5-17(6-9)12(18)10(13)7-19-2;/h9-10H,3-7,13H2,1-2H3,(H,14,15,16);1H. The van der Waals surface area contributed by atoms with E-state index < -0.39 is 6.04 Å². The lowest BCUT2D eigenvalue weighted by molar-refractivity contribution is -0.135. The molecule has 1 aliphatic heterocycles. The number of aromatic nitrogens is 3. The third-order valence-corrected chi connectivity index (χ3v) is 3.38. The molecule has 1 aromatic heterocycles. The number of aromatic amines is 1. The maximum Gasteiger partial charge on any atom is 0.241 e. The van der Waals surface area contributed by atoms with E-state index in [2.05, 4.69) is 15.2 Å². The zero-order valence-corrected chi connectivity index (χ0v) is 12.7. The lowest BCUT2D eigenvalue weighted by Gasteiger charge is -2.33. The van der Waals surface area contributed by atoms with E-state index in [9.17, 15) is 4.79 Å². The molecule has 1 amide bonds. The number of methoxy groups -OCH3 is 1. The van der Waals surface area contributed by atoms with Gasteiger partial charge in [0.25, 0.3) is 0 Å². The van der Waals surface area contributed by atoms with E-state index in [1.54, 1.807) is 12.0 Å². The van der Waals surface area contributed by atoms with E-state index in [1.165, 1.54) is 0 Å². The number of H-pyrrole nitrogens is 1. The number of piperidine rings is 1. The van der Waals surface area contributed by atoms with E-state index in [1.807, 2.05) is 6.92 Å². The molecule has 1 fully saturated rings. The molecule has 7 nitrogen and oxygen atoms in total. The molecule has 0 aliphatic carbocycles. The molecule has 8 heteroatoms. The zero-order valence-electron chi connectivity index (χ0n) is 11.8. The number of hydrogen-bond acceptors (Lipinski definition) is 5. The molecular formula is C12H22ClN5O2. The molecule has 0 radical (unpaired) electrons. The number of likely N-dealkylation sites (tertiary alicyclic amines) is 1. The summed E-state index contributed by atoms with van der Waals surface area (Å²) >= 11 is 0. The van der Waals surface area contributed by atoms with Gasteiger partial charge in [-0.1, -0.05) is 0 Å². The Morgan fingerprint density at radius 2 is 2.40 bits per heavy atom. The van der Waals surface area contributed by atoms with Crippen LogP contribution < -0.4 is 5.73 Å². The Bertz CT molecular complexity index is 439. The molecule has 2 rings (SSSR count). The van der Waals surface area contributed by atoms with Crippen molar-refractivity contribution in [2.24, 2.45) is 5.73 Å². The van der Waals surface area contributed by atoms with Crippen molar-refractivity contribution in [1.82, 2.24) is 20.1 Å². The molecule has 3 N–H and O–H groups in total. The molecule has 1 saturated heterocycles. The number of nitrogens with two attached hydrogens (primary N) is 1. The Labute approximate surface area is 124 Å². The molecule has 2 heterocycles. The maximum atomic E-state index is 12.1. The van der Waals surface area contributed by atoms with E-state index in [-0.39, 0.29) is 30.8 Å². The SMILES string of the molecule is COCC(N)C(=O)N1CCCC(c2n[nH]c(C)n2)C1.Cl. The second-order valence-electron chi connectivity index (χ2n) is 4.96. The summed E-state index contributed by atoms with van der Waals surface area (Å²) in [5, 5.41) is 7.03. The van der Waals surface area contributed by atoms with E-state index in [0.717, 1.165) is 31.0 Å². The molecule has 0 aromatic carbocycles. The average molecular weight is 304 g/mol. The molecule has 0 saturated carbocycles. The molecular weight excluding hydrogens is 282 g/mol. The largest absolute Gasteiger partial charge is 0.383 e. The van der Waals surface area contributed by atoms with Gasteiger partial charge in [-0.05, 0) is 19.8 Å². The number of aryl methyl sites for hydroxylation is 1. The van der Waals surface area contributed by atoms with Crippen LogP contribution >= 0.6 is 12.4 Å². The van der Waals surface area contributed by atoms with Crippen molar-refractivity contribution in [2.75, 3.05) is 26.8 Å². The number of nitrogens with zero attached hydrogens (tertiary/aromatic N) is 3. The summed E-state index contributed by atoms with van der Waals surface area (Å²) in [5.41, 5.74) is 5.79. The van der Waals surface area contributed by atoms with Gasteiger partial charge in [0.1, 0.15) is 11.9 Å². The first kappa shape index (κ1) is 16.9. The fourth-order valence-corrected chi connectivity index (χ4v) is 2.42. The molecule has 114 valence electrons. The average Bonchev–Trinajstić information content (AvgIpc) is 2.85. The van der Waals surface area contributed by atoms with Gasteiger partial charge in [0.05, 0.1) is 6.61 Å². The summed E-state index contributed by atoms with van der Waals surface area (Å²) in [6.07, 6.45) is 1.95. The first-order valence-corrected chi connectivity index (χ1v) is 6.54. The smallest absolute Gasteiger partial charge is 0.241 e. The summed E-state index contributed by atoms with van der Waals surface area (Å²) < 4.78 is 4.93. The van der Waals surface area contributed by atoms with Crippen LogP contribution in [0.25, 0.3) is 0 Å². The minimum Gasteiger partial charge on any atom is -0.383 e. The first-order chi connectivity index (χ1) is 9.11. The van der Waals surface area contributed by atoms with Crippen LogP contribution in [0.5, 0.6) is 0 Å². The predicted octanol–water partition coefficient (Wildman–Crippen LogP) is 0.215. The lowest BCUT2D eigenvalue weighted by Crippen LogP contribution is -2.49. The number of amides is 1. The number of halogens is 1. The number of ether oxygens (including phenoxy) is 1. The summed E-state index contributed by atoms with van der Waals surface area (Å²) in [6, 6.07) is -0.586. The van der Waals surface area contributed by atoms with E-state index in [0.29, 0.717) is 6.54 Å². The van der Waals surface area contributed by atoms with Crippen LogP contribution in [-0.4, -0.2) is 58.8 Å².